The van der Waals surface area contributed by atoms with E-state index in [2.05, 4.69) is 72.8 Å². The molecule has 0 N–H and O–H groups in total. The summed E-state index contributed by atoms with van der Waals surface area (Å²) in [6.07, 6.45) is 0. The summed E-state index contributed by atoms with van der Waals surface area (Å²) >= 11 is 0. The summed E-state index contributed by atoms with van der Waals surface area (Å²) in [6.45, 7) is 0. The van der Waals surface area contributed by atoms with Gasteiger partial charge in [0.25, 0.3) is 0 Å². The third-order valence-corrected chi connectivity index (χ3v) is 6.31. The van der Waals surface area contributed by atoms with Gasteiger partial charge in [-0.15, -0.1) is 4.67 Å². The highest BCUT2D eigenvalue weighted by atomic mass is 31.2. The summed E-state index contributed by atoms with van der Waals surface area (Å²) in [5.74, 6) is 1.78. The van der Waals surface area contributed by atoms with E-state index in [1.807, 2.05) is 18.8 Å². The predicted molar refractivity (Wildman–Crippen MR) is 110 cm³/mol. The third-order valence-electron chi connectivity index (χ3n) is 4.79. The molecule has 0 saturated heterocycles. The molecule has 0 bridgehead atoms. The van der Waals surface area contributed by atoms with E-state index in [-0.39, 0.29) is 0 Å². The van der Waals surface area contributed by atoms with Crippen molar-refractivity contribution in [3.05, 3.63) is 72.8 Å². The molecule has 1 aliphatic rings. The van der Waals surface area contributed by atoms with Gasteiger partial charge in [0.1, 0.15) is 0 Å². The van der Waals surface area contributed by atoms with Crippen LogP contribution in [0.25, 0.3) is 32.7 Å². The van der Waals surface area contributed by atoms with Crippen molar-refractivity contribution in [1.29, 1.82) is 0 Å². The monoisotopic (exact) mass is 360 g/mol. The van der Waals surface area contributed by atoms with Crippen LogP contribution in [0.2, 0.25) is 0 Å². The van der Waals surface area contributed by atoms with Gasteiger partial charge in [-0.2, -0.15) is 0 Å². The Balaban J connectivity index is 1.94. The molecule has 5 rings (SSSR count). The van der Waals surface area contributed by atoms with Crippen molar-refractivity contribution in [1.82, 2.24) is 4.67 Å². The Hall–Kier alpha value is -2.61. The van der Waals surface area contributed by atoms with E-state index < -0.39 is 8.53 Å². The molecule has 0 fully saturated rings. The maximum Gasteiger partial charge on any atom is 0.426 e. The van der Waals surface area contributed by atoms with Gasteiger partial charge in [-0.3, -0.25) is 9.05 Å². The first-order valence-corrected chi connectivity index (χ1v) is 9.92. The van der Waals surface area contributed by atoms with Gasteiger partial charge < -0.3 is 0 Å². The SMILES string of the molecule is CN(C)[PH+]1Oc2ccc3ccccc3c2-c2c(ccc3ccccc23)O1. The minimum Gasteiger partial charge on any atom is -0.292 e. The summed E-state index contributed by atoms with van der Waals surface area (Å²) < 4.78 is 14.8. The normalized spacial score (nSPS) is 13.8. The molecule has 0 aromatic heterocycles. The maximum absolute atomic E-state index is 6.36. The van der Waals surface area contributed by atoms with E-state index in [9.17, 15) is 0 Å². The standard InChI is InChI=1S/C22H18NO2P/c1-23(2)26-24-19-13-11-15-7-3-5-9-17(15)21(19)22-18-10-6-4-8-16(18)12-14-20(22)25-26/h3-14H,1-2H3/p+1. The Bertz CT molecular complexity index is 1050. The smallest absolute Gasteiger partial charge is 0.292 e. The fourth-order valence-corrected chi connectivity index (χ4v) is 4.70. The van der Waals surface area contributed by atoms with E-state index in [4.69, 9.17) is 9.05 Å². The summed E-state index contributed by atoms with van der Waals surface area (Å²) in [5, 5.41) is 4.78. The summed E-state index contributed by atoms with van der Waals surface area (Å²) in [5.41, 5.74) is 2.24. The lowest BCUT2D eigenvalue weighted by Gasteiger charge is -2.13. The molecule has 0 amide bonds. The summed E-state index contributed by atoms with van der Waals surface area (Å²) in [4.78, 5) is 0. The largest absolute Gasteiger partial charge is 0.426 e. The number of rotatable bonds is 1. The van der Waals surface area contributed by atoms with Gasteiger partial charge in [0.2, 0.25) is 0 Å². The van der Waals surface area contributed by atoms with Crippen molar-refractivity contribution in [3.63, 3.8) is 0 Å². The number of hydrogen-bond acceptors (Lipinski definition) is 3. The first-order valence-electron chi connectivity index (χ1n) is 8.66. The van der Waals surface area contributed by atoms with Crippen LogP contribution in [0, 0.1) is 0 Å². The number of benzene rings is 4. The fourth-order valence-electron chi connectivity index (χ4n) is 3.58. The topological polar surface area (TPSA) is 21.7 Å². The van der Waals surface area contributed by atoms with Crippen LogP contribution in [0.5, 0.6) is 11.5 Å². The molecule has 4 aromatic rings. The second-order valence-corrected chi connectivity index (χ2v) is 8.52. The second-order valence-electron chi connectivity index (χ2n) is 6.68. The number of hydrogen-bond donors (Lipinski definition) is 0. The van der Waals surface area contributed by atoms with Gasteiger partial charge in [0.15, 0.2) is 11.5 Å². The van der Waals surface area contributed by atoms with E-state index in [1.165, 1.54) is 21.5 Å². The van der Waals surface area contributed by atoms with Crippen molar-refractivity contribution < 1.29 is 9.05 Å². The molecule has 0 atom stereocenters. The average molecular weight is 360 g/mol. The Kier molecular flexibility index (Phi) is 3.59. The molecule has 0 aliphatic carbocycles. The first kappa shape index (κ1) is 15.6. The van der Waals surface area contributed by atoms with Crippen LogP contribution in [0.15, 0.2) is 72.8 Å². The lowest BCUT2D eigenvalue weighted by molar-refractivity contribution is 0.426. The van der Waals surface area contributed by atoms with E-state index >= 15 is 0 Å². The van der Waals surface area contributed by atoms with Crippen LogP contribution >= 0.6 is 8.53 Å². The first-order chi connectivity index (χ1) is 12.7. The molecule has 26 heavy (non-hydrogen) atoms. The Morgan fingerprint density at radius 2 is 1.08 bits per heavy atom. The van der Waals surface area contributed by atoms with Crippen LogP contribution < -0.4 is 9.05 Å². The van der Waals surface area contributed by atoms with Crippen LogP contribution in [-0.2, 0) is 0 Å². The molecule has 0 saturated carbocycles. The average Bonchev–Trinajstić information content (AvgIpc) is 2.85. The van der Waals surface area contributed by atoms with Gasteiger partial charge in [0.05, 0.1) is 0 Å². The van der Waals surface area contributed by atoms with Gasteiger partial charge in [0, 0.05) is 25.2 Å². The lowest BCUT2D eigenvalue weighted by Crippen LogP contribution is -2.12. The van der Waals surface area contributed by atoms with Gasteiger partial charge >= 0.3 is 8.53 Å². The third kappa shape index (κ3) is 2.36. The fraction of sp³-hybridized carbons (Fsp3) is 0.0909. The molecule has 0 radical (unpaired) electrons. The molecule has 4 aromatic carbocycles. The van der Waals surface area contributed by atoms with Crippen molar-refractivity contribution in [2.45, 2.75) is 0 Å². The maximum atomic E-state index is 6.36. The molecular weight excluding hydrogens is 341 g/mol. The van der Waals surface area contributed by atoms with Crippen molar-refractivity contribution in [2.75, 3.05) is 14.1 Å². The minimum absolute atomic E-state index is 0.890. The molecule has 3 nitrogen and oxygen atoms in total. The van der Waals surface area contributed by atoms with E-state index in [0.717, 1.165) is 22.6 Å². The quantitative estimate of drug-likeness (QED) is 0.391. The lowest BCUT2D eigenvalue weighted by atomic mass is 9.92. The van der Waals surface area contributed by atoms with Gasteiger partial charge in [-0.25, -0.2) is 0 Å². The second kappa shape index (κ2) is 5.98. The van der Waals surface area contributed by atoms with Gasteiger partial charge in [-0.05, 0) is 33.7 Å². The van der Waals surface area contributed by atoms with Crippen molar-refractivity contribution in [3.8, 4) is 22.6 Å². The zero-order chi connectivity index (χ0) is 17.7. The van der Waals surface area contributed by atoms with Crippen LogP contribution in [0.3, 0.4) is 0 Å². The molecule has 0 spiro atoms. The number of nitrogens with zero attached hydrogens (tertiary/aromatic N) is 1. The minimum atomic E-state index is -1.63. The molecular formula is C22H19NO2P+. The zero-order valence-electron chi connectivity index (χ0n) is 14.7. The van der Waals surface area contributed by atoms with Gasteiger partial charge in [-0.1, -0.05) is 60.7 Å². The highest BCUT2D eigenvalue weighted by Gasteiger charge is 2.34. The molecule has 4 heteroatoms. The van der Waals surface area contributed by atoms with E-state index in [1.54, 1.807) is 0 Å². The predicted octanol–water partition coefficient (Wildman–Crippen LogP) is 5.95. The van der Waals surface area contributed by atoms with E-state index in [0.29, 0.717) is 0 Å². The molecule has 1 heterocycles. The summed E-state index contributed by atoms with van der Waals surface area (Å²) in [7, 11) is 2.38. The highest BCUT2D eigenvalue weighted by molar-refractivity contribution is 7.45. The van der Waals surface area contributed by atoms with Crippen LogP contribution in [-0.4, -0.2) is 18.8 Å². The Labute approximate surface area is 153 Å². The van der Waals surface area contributed by atoms with Crippen molar-refractivity contribution >= 4 is 30.1 Å². The van der Waals surface area contributed by atoms with Crippen LogP contribution in [0.1, 0.15) is 0 Å². The molecule has 128 valence electrons. The van der Waals surface area contributed by atoms with Crippen molar-refractivity contribution in [2.24, 2.45) is 0 Å². The molecule has 1 aliphatic heterocycles. The zero-order valence-corrected chi connectivity index (χ0v) is 15.7. The highest BCUT2D eigenvalue weighted by Crippen LogP contribution is 2.55. The Morgan fingerprint density at radius 1 is 0.615 bits per heavy atom. The Morgan fingerprint density at radius 3 is 1.54 bits per heavy atom. The molecule has 0 unspecified atom stereocenters. The van der Waals surface area contributed by atoms with Crippen LogP contribution in [0.4, 0.5) is 0 Å². The summed E-state index contributed by atoms with van der Waals surface area (Å²) in [6, 6.07) is 25.3. The number of fused-ring (bicyclic) bond motifs is 7.